The van der Waals surface area contributed by atoms with E-state index in [1.165, 1.54) is 12.1 Å². The summed E-state index contributed by atoms with van der Waals surface area (Å²) in [5.41, 5.74) is 1.89. The van der Waals surface area contributed by atoms with Crippen LogP contribution in [-0.4, -0.2) is 11.3 Å². The zero-order chi connectivity index (χ0) is 13.8. The molecule has 0 N–H and O–H groups in total. The molecule has 19 heavy (non-hydrogen) atoms. The number of carbonyl (C=O) groups excluding carboxylic acids is 1. The zero-order valence-electron chi connectivity index (χ0n) is 10.8. The summed E-state index contributed by atoms with van der Waals surface area (Å²) < 4.78 is 18.7. The molecule has 98 valence electrons. The van der Waals surface area contributed by atoms with Crippen molar-refractivity contribution in [1.29, 1.82) is 0 Å². The van der Waals surface area contributed by atoms with Crippen LogP contribution in [0.25, 0.3) is 0 Å². The number of pyridine rings is 1. The fourth-order valence-electron chi connectivity index (χ4n) is 1.77. The number of halogens is 1. The highest BCUT2D eigenvalue weighted by atomic mass is 19.1. The third-order valence-electron chi connectivity index (χ3n) is 2.73. The van der Waals surface area contributed by atoms with E-state index in [1.54, 1.807) is 6.07 Å². The van der Waals surface area contributed by atoms with Crippen LogP contribution in [0.2, 0.25) is 0 Å². The lowest BCUT2D eigenvalue weighted by molar-refractivity contribution is 0.112. The SMILES string of the molecule is CCc1nc(C)ccc1Oc1ccc(F)cc1C=O. The molecule has 1 aromatic heterocycles. The lowest BCUT2D eigenvalue weighted by Gasteiger charge is -2.11. The molecule has 0 spiro atoms. The van der Waals surface area contributed by atoms with Gasteiger partial charge in [-0.1, -0.05) is 6.92 Å². The average Bonchev–Trinajstić information content (AvgIpc) is 2.42. The highest BCUT2D eigenvalue weighted by Gasteiger charge is 2.09. The van der Waals surface area contributed by atoms with Gasteiger partial charge in [-0.2, -0.15) is 0 Å². The lowest BCUT2D eigenvalue weighted by Crippen LogP contribution is -1.98. The molecule has 0 saturated carbocycles. The number of ether oxygens (including phenoxy) is 1. The Morgan fingerprint density at radius 1 is 1.26 bits per heavy atom. The van der Waals surface area contributed by atoms with Crippen molar-refractivity contribution in [3.63, 3.8) is 0 Å². The predicted molar refractivity (Wildman–Crippen MR) is 70.2 cm³/mol. The van der Waals surface area contributed by atoms with Gasteiger partial charge in [0.2, 0.25) is 0 Å². The number of benzene rings is 1. The van der Waals surface area contributed by atoms with Crippen molar-refractivity contribution in [2.45, 2.75) is 20.3 Å². The molecule has 2 aromatic rings. The minimum Gasteiger partial charge on any atom is -0.455 e. The van der Waals surface area contributed by atoms with Gasteiger partial charge in [-0.3, -0.25) is 9.78 Å². The molecule has 1 heterocycles. The maximum Gasteiger partial charge on any atom is 0.153 e. The van der Waals surface area contributed by atoms with Crippen molar-refractivity contribution in [3.8, 4) is 11.5 Å². The summed E-state index contributed by atoms with van der Waals surface area (Å²) in [4.78, 5) is 15.3. The van der Waals surface area contributed by atoms with Gasteiger partial charge in [-0.25, -0.2) is 4.39 Å². The average molecular weight is 259 g/mol. The topological polar surface area (TPSA) is 39.2 Å². The number of carbonyl (C=O) groups is 1. The molecule has 4 heteroatoms. The van der Waals surface area contributed by atoms with Crippen LogP contribution in [0.1, 0.15) is 28.7 Å². The van der Waals surface area contributed by atoms with E-state index in [9.17, 15) is 9.18 Å². The van der Waals surface area contributed by atoms with Gasteiger partial charge in [-0.05, 0) is 43.7 Å². The minimum absolute atomic E-state index is 0.183. The minimum atomic E-state index is -0.466. The van der Waals surface area contributed by atoms with E-state index in [0.29, 0.717) is 24.2 Å². The fourth-order valence-corrected chi connectivity index (χ4v) is 1.77. The highest BCUT2D eigenvalue weighted by Crippen LogP contribution is 2.27. The molecular formula is C15H14FNO2. The first-order chi connectivity index (χ1) is 9.13. The Morgan fingerprint density at radius 2 is 2.00 bits per heavy atom. The van der Waals surface area contributed by atoms with Crippen LogP contribution in [0.15, 0.2) is 30.3 Å². The molecule has 0 fully saturated rings. The fraction of sp³-hybridized carbons (Fsp3) is 0.200. The Kier molecular flexibility index (Phi) is 3.90. The van der Waals surface area contributed by atoms with Crippen LogP contribution in [0.3, 0.4) is 0 Å². The number of hydrogen-bond donors (Lipinski definition) is 0. The van der Waals surface area contributed by atoms with Gasteiger partial charge in [0.25, 0.3) is 0 Å². The number of aromatic nitrogens is 1. The molecule has 0 aliphatic heterocycles. The molecule has 0 bridgehead atoms. The zero-order valence-corrected chi connectivity index (χ0v) is 10.8. The summed E-state index contributed by atoms with van der Waals surface area (Å²) in [6, 6.07) is 7.49. The van der Waals surface area contributed by atoms with Crippen molar-refractivity contribution >= 4 is 6.29 Å². The molecule has 0 saturated heterocycles. The number of nitrogens with zero attached hydrogens (tertiary/aromatic N) is 1. The molecule has 0 aliphatic rings. The second-order valence-corrected chi connectivity index (χ2v) is 4.15. The molecule has 0 radical (unpaired) electrons. The van der Waals surface area contributed by atoms with Crippen molar-refractivity contribution < 1.29 is 13.9 Å². The second-order valence-electron chi connectivity index (χ2n) is 4.15. The monoisotopic (exact) mass is 259 g/mol. The van der Waals surface area contributed by atoms with E-state index in [1.807, 2.05) is 19.9 Å². The normalized spacial score (nSPS) is 10.3. The first-order valence-electron chi connectivity index (χ1n) is 6.03. The molecule has 0 amide bonds. The van der Waals surface area contributed by atoms with Crippen molar-refractivity contribution in [2.75, 3.05) is 0 Å². The summed E-state index contributed by atoms with van der Waals surface area (Å²) in [7, 11) is 0. The number of aldehydes is 1. The maximum absolute atomic E-state index is 13.0. The van der Waals surface area contributed by atoms with E-state index < -0.39 is 5.82 Å². The first kappa shape index (κ1) is 13.2. The Morgan fingerprint density at radius 3 is 2.68 bits per heavy atom. The Balaban J connectivity index is 2.38. The molecule has 1 aromatic carbocycles. The van der Waals surface area contributed by atoms with Crippen LogP contribution in [0, 0.1) is 12.7 Å². The quantitative estimate of drug-likeness (QED) is 0.786. The Hall–Kier alpha value is -2.23. The molecule has 3 nitrogen and oxygen atoms in total. The smallest absolute Gasteiger partial charge is 0.153 e. The summed E-state index contributed by atoms with van der Waals surface area (Å²) in [6.45, 7) is 3.87. The van der Waals surface area contributed by atoms with Crippen molar-refractivity contribution in [2.24, 2.45) is 0 Å². The Labute approximate surface area is 111 Å². The van der Waals surface area contributed by atoms with E-state index in [2.05, 4.69) is 4.98 Å². The van der Waals surface area contributed by atoms with E-state index >= 15 is 0 Å². The van der Waals surface area contributed by atoms with Crippen LogP contribution >= 0.6 is 0 Å². The Bertz CT molecular complexity index is 611. The van der Waals surface area contributed by atoms with E-state index in [4.69, 9.17) is 4.74 Å². The van der Waals surface area contributed by atoms with Crippen LogP contribution in [0.4, 0.5) is 4.39 Å². The van der Waals surface area contributed by atoms with Gasteiger partial charge >= 0.3 is 0 Å². The summed E-state index contributed by atoms with van der Waals surface area (Å²) in [5.74, 6) is 0.451. The van der Waals surface area contributed by atoms with Gasteiger partial charge < -0.3 is 4.74 Å². The van der Waals surface area contributed by atoms with Gasteiger partial charge in [0.05, 0.1) is 11.3 Å². The van der Waals surface area contributed by atoms with Gasteiger partial charge in [0.1, 0.15) is 17.3 Å². The summed E-state index contributed by atoms with van der Waals surface area (Å²) in [5, 5.41) is 0. The van der Waals surface area contributed by atoms with Gasteiger partial charge in [0.15, 0.2) is 6.29 Å². The second kappa shape index (κ2) is 5.61. The van der Waals surface area contributed by atoms with Gasteiger partial charge in [0, 0.05) is 5.69 Å². The molecular weight excluding hydrogens is 245 g/mol. The third-order valence-corrected chi connectivity index (χ3v) is 2.73. The van der Waals surface area contributed by atoms with Crippen LogP contribution in [0.5, 0.6) is 11.5 Å². The molecule has 2 rings (SSSR count). The highest BCUT2D eigenvalue weighted by molar-refractivity contribution is 5.79. The number of aryl methyl sites for hydroxylation is 2. The lowest BCUT2D eigenvalue weighted by atomic mass is 10.2. The molecule has 0 atom stereocenters. The van der Waals surface area contributed by atoms with Crippen molar-refractivity contribution in [1.82, 2.24) is 4.98 Å². The number of hydrogen-bond acceptors (Lipinski definition) is 3. The van der Waals surface area contributed by atoms with E-state index in [0.717, 1.165) is 17.5 Å². The largest absolute Gasteiger partial charge is 0.455 e. The first-order valence-corrected chi connectivity index (χ1v) is 6.03. The van der Waals surface area contributed by atoms with Gasteiger partial charge in [-0.15, -0.1) is 0 Å². The molecule has 0 unspecified atom stereocenters. The number of rotatable bonds is 4. The standard InChI is InChI=1S/C15H14FNO2/c1-3-13-15(6-4-10(2)17-13)19-14-7-5-12(16)8-11(14)9-18/h4-9H,3H2,1-2H3. The van der Waals surface area contributed by atoms with Crippen LogP contribution < -0.4 is 4.74 Å². The van der Waals surface area contributed by atoms with Crippen molar-refractivity contribution in [3.05, 3.63) is 53.1 Å². The summed E-state index contributed by atoms with van der Waals surface area (Å²) >= 11 is 0. The predicted octanol–water partition coefficient (Wildman–Crippen LogP) is 3.70. The maximum atomic E-state index is 13.0. The summed E-state index contributed by atoms with van der Waals surface area (Å²) in [6.07, 6.45) is 1.29. The van der Waals surface area contributed by atoms with E-state index in [-0.39, 0.29) is 5.56 Å². The third kappa shape index (κ3) is 2.96. The molecule has 0 aliphatic carbocycles. The van der Waals surface area contributed by atoms with Crippen LogP contribution in [-0.2, 0) is 6.42 Å².